The molecule has 5 nitrogen and oxygen atoms in total. The highest BCUT2D eigenvalue weighted by molar-refractivity contribution is 9.11. The van der Waals surface area contributed by atoms with Crippen LogP contribution < -0.4 is 5.32 Å². The number of anilines is 1. The van der Waals surface area contributed by atoms with Gasteiger partial charge in [0, 0.05) is 0 Å². The number of amides is 1. The predicted octanol–water partition coefficient (Wildman–Crippen LogP) is 4.90. The third-order valence-corrected chi connectivity index (χ3v) is 5.25. The van der Waals surface area contributed by atoms with Crippen LogP contribution in [0.1, 0.15) is 5.56 Å². The Kier molecular flexibility index (Phi) is 4.33. The zero-order valence-corrected chi connectivity index (χ0v) is 15.3. The molecule has 7 heteroatoms. The van der Waals surface area contributed by atoms with Crippen molar-refractivity contribution >= 4 is 50.0 Å². The van der Waals surface area contributed by atoms with Crippen LogP contribution in [0.15, 0.2) is 62.8 Å². The van der Waals surface area contributed by atoms with E-state index in [-0.39, 0.29) is 18.3 Å². The van der Waals surface area contributed by atoms with Crippen molar-refractivity contribution in [1.82, 2.24) is 10.2 Å². The number of thiophene rings is 1. The van der Waals surface area contributed by atoms with Gasteiger partial charge in [-0.15, -0.1) is 16.4 Å². The molecule has 0 aliphatic rings. The highest BCUT2D eigenvalue weighted by Crippen LogP contribution is 2.30. The van der Waals surface area contributed by atoms with Crippen molar-refractivity contribution in [2.75, 3.05) is 5.32 Å². The van der Waals surface area contributed by atoms with E-state index < -0.39 is 0 Å². The van der Waals surface area contributed by atoms with E-state index in [1.54, 1.807) is 0 Å². The topological polar surface area (TPSA) is 68.0 Å². The minimum atomic E-state index is -0.196. The molecule has 124 valence electrons. The molecule has 0 fully saturated rings. The summed E-state index contributed by atoms with van der Waals surface area (Å²) in [6.07, 6.45) is 0.243. The number of hydrogen-bond donors (Lipinski definition) is 1. The fourth-order valence-electron chi connectivity index (χ4n) is 2.50. The van der Waals surface area contributed by atoms with Crippen LogP contribution in [0.3, 0.4) is 0 Å². The molecule has 1 amide bonds. The van der Waals surface area contributed by atoms with Gasteiger partial charge < -0.3 is 4.42 Å². The molecule has 0 atom stereocenters. The molecular weight excluding hydrogens is 402 g/mol. The molecule has 4 rings (SSSR count). The van der Waals surface area contributed by atoms with E-state index in [0.29, 0.717) is 5.89 Å². The molecule has 0 bridgehead atoms. The van der Waals surface area contributed by atoms with Gasteiger partial charge in [-0.05, 0) is 44.4 Å². The number of nitrogens with zero attached hydrogens (tertiary/aromatic N) is 2. The highest BCUT2D eigenvalue weighted by atomic mass is 79.9. The lowest BCUT2D eigenvalue weighted by atomic mass is 10.1. The summed E-state index contributed by atoms with van der Waals surface area (Å²) < 4.78 is 6.47. The van der Waals surface area contributed by atoms with Crippen molar-refractivity contribution < 1.29 is 9.21 Å². The predicted molar refractivity (Wildman–Crippen MR) is 102 cm³/mol. The van der Waals surface area contributed by atoms with Crippen LogP contribution in [0.5, 0.6) is 0 Å². The van der Waals surface area contributed by atoms with Gasteiger partial charge in [-0.2, -0.15) is 0 Å². The summed E-state index contributed by atoms with van der Waals surface area (Å²) in [5.74, 6) is 0.189. The first-order valence-electron chi connectivity index (χ1n) is 7.54. The lowest BCUT2D eigenvalue weighted by Gasteiger charge is -2.03. The largest absolute Gasteiger partial charge is 0.402 e. The highest BCUT2D eigenvalue weighted by Gasteiger charge is 2.13. The maximum absolute atomic E-state index is 12.2. The number of hydrogen-bond acceptors (Lipinski definition) is 5. The first-order chi connectivity index (χ1) is 12.2. The van der Waals surface area contributed by atoms with Crippen LogP contribution in [0.25, 0.3) is 21.5 Å². The Balaban J connectivity index is 1.45. The van der Waals surface area contributed by atoms with Crippen LogP contribution in [0.2, 0.25) is 0 Å². The van der Waals surface area contributed by atoms with Gasteiger partial charge in [0.2, 0.25) is 5.91 Å². The van der Waals surface area contributed by atoms with Crippen molar-refractivity contribution in [1.29, 1.82) is 0 Å². The molecule has 0 saturated carbocycles. The summed E-state index contributed by atoms with van der Waals surface area (Å²) in [5.41, 5.74) is 0.929. The number of aromatic nitrogens is 2. The second kappa shape index (κ2) is 6.78. The molecule has 0 radical (unpaired) electrons. The van der Waals surface area contributed by atoms with Crippen LogP contribution in [-0.2, 0) is 11.2 Å². The van der Waals surface area contributed by atoms with Gasteiger partial charge in [0.1, 0.15) is 0 Å². The Morgan fingerprint density at radius 2 is 1.92 bits per heavy atom. The number of rotatable bonds is 4. The second-order valence-electron chi connectivity index (χ2n) is 5.42. The van der Waals surface area contributed by atoms with Gasteiger partial charge in [-0.3, -0.25) is 10.1 Å². The summed E-state index contributed by atoms with van der Waals surface area (Å²) in [6, 6.07) is 17.9. The Bertz CT molecular complexity index is 1060. The second-order valence-corrected chi connectivity index (χ2v) is 7.89. The van der Waals surface area contributed by atoms with Crippen molar-refractivity contribution in [3.63, 3.8) is 0 Å². The molecule has 0 aliphatic heterocycles. The van der Waals surface area contributed by atoms with E-state index in [1.807, 2.05) is 54.6 Å². The average molecular weight is 414 g/mol. The number of nitrogens with one attached hydrogen (secondary N) is 1. The maximum atomic E-state index is 12.2. The summed E-state index contributed by atoms with van der Waals surface area (Å²) in [6.45, 7) is 0. The van der Waals surface area contributed by atoms with Crippen LogP contribution in [0.4, 0.5) is 6.01 Å². The molecule has 2 aromatic carbocycles. The summed E-state index contributed by atoms with van der Waals surface area (Å²) in [5, 5.41) is 12.7. The first kappa shape index (κ1) is 16.0. The Hall–Kier alpha value is -2.51. The molecule has 0 unspecified atom stereocenters. The average Bonchev–Trinajstić information content (AvgIpc) is 3.23. The Morgan fingerprint density at radius 1 is 1.08 bits per heavy atom. The fourth-order valence-corrected chi connectivity index (χ4v) is 3.81. The van der Waals surface area contributed by atoms with Crippen molar-refractivity contribution in [2.24, 2.45) is 0 Å². The molecule has 0 saturated heterocycles. The summed E-state index contributed by atoms with van der Waals surface area (Å²) >= 11 is 4.87. The zero-order chi connectivity index (χ0) is 17.2. The van der Waals surface area contributed by atoms with Gasteiger partial charge in [0.15, 0.2) is 0 Å². The monoisotopic (exact) mass is 413 g/mol. The zero-order valence-electron chi connectivity index (χ0n) is 12.9. The number of benzene rings is 2. The molecular formula is C18H12BrN3O2S. The van der Waals surface area contributed by atoms with Gasteiger partial charge in [0.05, 0.1) is 15.1 Å². The van der Waals surface area contributed by atoms with Crippen LogP contribution in [-0.4, -0.2) is 16.1 Å². The molecule has 2 heterocycles. The van der Waals surface area contributed by atoms with E-state index >= 15 is 0 Å². The smallest absolute Gasteiger partial charge is 0.322 e. The molecule has 2 aromatic heterocycles. The SMILES string of the molecule is O=C(Cc1ccc2ccccc2c1)Nc1nnc(-c2ccc(Br)s2)o1. The quantitative estimate of drug-likeness (QED) is 0.516. The standard InChI is InChI=1S/C18H12BrN3O2S/c19-15-8-7-14(25-15)17-21-22-18(24-17)20-16(23)10-11-5-6-12-3-1-2-4-13(12)9-11/h1-9H,10H2,(H,20,22,23). The lowest BCUT2D eigenvalue weighted by Crippen LogP contribution is -2.14. The number of carbonyl (C=O) groups is 1. The number of fused-ring (bicyclic) bond motifs is 1. The Labute approximate surface area is 155 Å². The van der Waals surface area contributed by atoms with E-state index in [2.05, 4.69) is 31.4 Å². The Morgan fingerprint density at radius 3 is 2.72 bits per heavy atom. The van der Waals surface area contributed by atoms with E-state index in [4.69, 9.17) is 4.42 Å². The van der Waals surface area contributed by atoms with Crippen molar-refractivity contribution in [3.8, 4) is 10.8 Å². The van der Waals surface area contributed by atoms with Gasteiger partial charge in [0.25, 0.3) is 5.89 Å². The molecule has 4 aromatic rings. The van der Waals surface area contributed by atoms with Crippen molar-refractivity contribution in [2.45, 2.75) is 6.42 Å². The number of halogens is 1. The molecule has 25 heavy (non-hydrogen) atoms. The third kappa shape index (κ3) is 3.62. The van der Waals surface area contributed by atoms with Gasteiger partial charge >= 0.3 is 6.01 Å². The molecule has 0 aliphatic carbocycles. The van der Waals surface area contributed by atoms with Gasteiger partial charge in [-0.25, -0.2) is 0 Å². The van der Waals surface area contributed by atoms with Crippen LogP contribution >= 0.6 is 27.3 Å². The van der Waals surface area contributed by atoms with Gasteiger partial charge in [-0.1, -0.05) is 47.6 Å². The first-order valence-corrected chi connectivity index (χ1v) is 9.15. The minimum Gasteiger partial charge on any atom is -0.402 e. The summed E-state index contributed by atoms with van der Waals surface area (Å²) in [7, 11) is 0. The lowest BCUT2D eigenvalue weighted by molar-refractivity contribution is -0.115. The fraction of sp³-hybridized carbons (Fsp3) is 0.0556. The molecule has 0 spiro atoms. The van der Waals surface area contributed by atoms with E-state index in [1.165, 1.54) is 11.3 Å². The van der Waals surface area contributed by atoms with E-state index in [9.17, 15) is 4.79 Å². The maximum Gasteiger partial charge on any atom is 0.322 e. The number of carbonyl (C=O) groups excluding carboxylic acids is 1. The molecule has 1 N–H and O–H groups in total. The third-order valence-electron chi connectivity index (χ3n) is 3.63. The van der Waals surface area contributed by atoms with Crippen LogP contribution in [0, 0.1) is 0 Å². The van der Waals surface area contributed by atoms with E-state index in [0.717, 1.165) is 25.0 Å². The minimum absolute atomic E-state index is 0.102. The van der Waals surface area contributed by atoms with Crippen molar-refractivity contribution in [3.05, 3.63) is 63.9 Å². The summed E-state index contributed by atoms with van der Waals surface area (Å²) in [4.78, 5) is 13.1. The normalized spacial score (nSPS) is 10.9.